The highest BCUT2D eigenvalue weighted by molar-refractivity contribution is 5.78. The van der Waals surface area contributed by atoms with Gasteiger partial charge in [-0.1, -0.05) is 12.8 Å². The van der Waals surface area contributed by atoms with Crippen LogP contribution in [0, 0.1) is 11.8 Å². The van der Waals surface area contributed by atoms with E-state index in [-0.39, 0.29) is 17.9 Å². The van der Waals surface area contributed by atoms with E-state index in [1.54, 1.807) is 0 Å². The standard InChI is InChI=1S/C13H23NO3/c15-12(10-3-1-2-4-10)9-14-13(16)11-5-7-17-8-6-11/h10-12,15H,1-9H2,(H,14,16). The molecule has 2 rings (SSSR count). The van der Waals surface area contributed by atoms with Crippen molar-refractivity contribution in [2.45, 2.75) is 44.6 Å². The van der Waals surface area contributed by atoms with Crippen molar-refractivity contribution in [3.05, 3.63) is 0 Å². The lowest BCUT2D eigenvalue weighted by Crippen LogP contribution is -2.40. The van der Waals surface area contributed by atoms with Crippen LogP contribution in [-0.4, -0.2) is 36.9 Å². The average molecular weight is 241 g/mol. The van der Waals surface area contributed by atoms with E-state index in [4.69, 9.17) is 4.74 Å². The van der Waals surface area contributed by atoms with Gasteiger partial charge >= 0.3 is 0 Å². The molecule has 4 heteroatoms. The first-order valence-electron chi connectivity index (χ1n) is 6.81. The summed E-state index contributed by atoms with van der Waals surface area (Å²) < 4.78 is 5.23. The highest BCUT2D eigenvalue weighted by atomic mass is 16.5. The number of hydrogen-bond acceptors (Lipinski definition) is 3. The van der Waals surface area contributed by atoms with Gasteiger partial charge in [-0.05, 0) is 31.6 Å². The fraction of sp³-hybridized carbons (Fsp3) is 0.923. The molecule has 17 heavy (non-hydrogen) atoms. The summed E-state index contributed by atoms with van der Waals surface area (Å²) in [6.07, 6.45) is 5.91. The van der Waals surface area contributed by atoms with Gasteiger partial charge in [-0.3, -0.25) is 4.79 Å². The van der Waals surface area contributed by atoms with Crippen molar-refractivity contribution >= 4 is 5.91 Å². The van der Waals surface area contributed by atoms with Crippen LogP contribution in [0.3, 0.4) is 0 Å². The molecule has 0 spiro atoms. The van der Waals surface area contributed by atoms with Crippen molar-refractivity contribution in [2.24, 2.45) is 11.8 Å². The Morgan fingerprint density at radius 2 is 1.88 bits per heavy atom. The Morgan fingerprint density at radius 3 is 2.53 bits per heavy atom. The van der Waals surface area contributed by atoms with Crippen LogP contribution < -0.4 is 5.32 Å². The first kappa shape index (κ1) is 12.8. The third-order valence-corrected chi connectivity index (χ3v) is 4.02. The predicted octanol–water partition coefficient (Wildman–Crippen LogP) is 1.08. The van der Waals surface area contributed by atoms with E-state index in [9.17, 15) is 9.90 Å². The Labute approximate surface area is 103 Å². The second-order valence-electron chi connectivity index (χ2n) is 5.24. The van der Waals surface area contributed by atoms with Crippen LogP contribution in [0.5, 0.6) is 0 Å². The molecule has 1 heterocycles. The SMILES string of the molecule is O=C(NCC(O)C1CCCC1)C1CCOCC1. The van der Waals surface area contributed by atoms with Gasteiger partial charge in [-0.15, -0.1) is 0 Å². The quantitative estimate of drug-likeness (QED) is 0.774. The van der Waals surface area contributed by atoms with E-state index < -0.39 is 0 Å². The van der Waals surface area contributed by atoms with E-state index in [1.807, 2.05) is 0 Å². The monoisotopic (exact) mass is 241 g/mol. The lowest BCUT2D eigenvalue weighted by Gasteiger charge is -2.23. The predicted molar refractivity (Wildman–Crippen MR) is 64.5 cm³/mol. The van der Waals surface area contributed by atoms with Gasteiger partial charge in [0.25, 0.3) is 0 Å². The second kappa shape index (κ2) is 6.36. The Balaban J connectivity index is 1.67. The van der Waals surface area contributed by atoms with E-state index in [1.165, 1.54) is 12.8 Å². The number of ether oxygens (including phenoxy) is 1. The molecule has 1 amide bonds. The van der Waals surface area contributed by atoms with Gasteiger partial charge in [0.15, 0.2) is 0 Å². The van der Waals surface area contributed by atoms with Crippen molar-refractivity contribution < 1.29 is 14.6 Å². The minimum atomic E-state index is -0.360. The summed E-state index contributed by atoms with van der Waals surface area (Å²) in [4.78, 5) is 11.8. The topological polar surface area (TPSA) is 58.6 Å². The summed E-state index contributed by atoms with van der Waals surface area (Å²) in [6.45, 7) is 1.79. The maximum Gasteiger partial charge on any atom is 0.223 e. The first-order valence-corrected chi connectivity index (χ1v) is 6.81. The summed E-state index contributed by atoms with van der Waals surface area (Å²) in [6, 6.07) is 0. The highest BCUT2D eigenvalue weighted by Crippen LogP contribution is 2.27. The Kier molecular flexibility index (Phi) is 4.80. The summed E-state index contributed by atoms with van der Waals surface area (Å²) in [5.74, 6) is 0.565. The molecule has 2 N–H and O–H groups in total. The fourth-order valence-electron chi connectivity index (χ4n) is 2.82. The molecule has 0 aromatic carbocycles. The molecule has 0 aromatic heterocycles. The minimum absolute atomic E-state index is 0.0829. The van der Waals surface area contributed by atoms with Crippen molar-refractivity contribution in [3.63, 3.8) is 0 Å². The third kappa shape index (κ3) is 3.68. The average Bonchev–Trinajstić information content (AvgIpc) is 2.90. The molecule has 98 valence electrons. The first-order chi connectivity index (χ1) is 8.27. The lowest BCUT2D eigenvalue weighted by atomic mass is 9.98. The highest BCUT2D eigenvalue weighted by Gasteiger charge is 2.25. The fourth-order valence-corrected chi connectivity index (χ4v) is 2.82. The summed E-state index contributed by atoms with van der Waals surface area (Å²) >= 11 is 0. The number of amides is 1. The summed E-state index contributed by atoms with van der Waals surface area (Å²) in [5.41, 5.74) is 0. The summed E-state index contributed by atoms with van der Waals surface area (Å²) in [7, 11) is 0. The number of aliphatic hydroxyl groups excluding tert-OH is 1. The molecular formula is C13H23NO3. The zero-order valence-corrected chi connectivity index (χ0v) is 10.4. The van der Waals surface area contributed by atoms with Gasteiger partial charge in [-0.25, -0.2) is 0 Å². The lowest BCUT2D eigenvalue weighted by molar-refractivity contribution is -0.128. The van der Waals surface area contributed by atoms with E-state index in [2.05, 4.69) is 5.32 Å². The number of aliphatic hydroxyl groups is 1. The number of hydrogen-bond donors (Lipinski definition) is 2. The van der Waals surface area contributed by atoms with Crippen LogP contribution in [0.4, 0.5) is 0 Å². The molecule has 1 aliphatic carbocycles. The molecular weight excluding hydrogens is 218 g/mol. The molecule has 1 saturated carbocycles. The maximum atomic E-state index is 11.8. The zero-order chi connectivity index (χ0) is 12.1. The van der Waals surface area contributed by atoms with Gasteiger partial charge < -0.3 is 15.2 Å². The molecule has 1 unspecified atom stereocenters. The van der Waals surface area contributed by atoms with Crippen LogP contribution in [0.25, 0.3) is 0 Å². The minimum Gasteiger partial charge on any atom is -0.391 e. The molecule has 1 saturated heterocycles. The van der Waals surface area contributed by atoms with Crippen LogP contribution in [0.15, 0.2) is 0 Å². The molecule has 4 nitrogen and oxygen atoms in total. The molecule has 2 aliphatic rings. The van der Waals surface area contributed by atoms with Crippen LogP contribution in [0.2, 0.25) is 0 Å². The van der Waals surface area contributed by atoms with Gasteiger partial charge in [0.05, 0.1) is 6.10 Å². The molecule has 0 bridgehead atoms. The third-order valence-electron chi connectivity index (χ3n) is 4.02. The number of carbonyl (C=O) groups excluding carboxylic acids is 1. The van der Waals surface area contributed by atoms with E-state index >= 15 is 0 Å². The van der Waals surface area contributed by atoms with Crippen LogP contribution >= 0.6 is 0 Å². The number of carbonyl (C=O) groups is 1. The van der Waals surface area contributed by atoms with Crippen LogP contribution in [-0.2, 0) is 9.53 Å². The Morgan fingerprint density at radius 1 is 1.24 bits per heavy atom. The maximum absolute atomic E-state index is 11.8. The number of rotatable bonds is 4. The number of nitrogens with one attached hydrogen (secondary N) is 1. The molecule has 2 fully saturated rings. The molecule has 0 radical (unpaired) electrons. The second-order valence-corrected chi connectivity index (χ2v) is 5.24. The van der Waals surface area contributed by atoms with Gasteiger partial charge in [0.2, 0.25) is 5.91 Å². The van der Waals surface area contributed by atoms with Gasteiger partial charge in [0.1, 0.15) is 0 Å². The molecule has 1 atom stereocenters. The smallest absolute Gasteiger partial charge is 0.223 e. The van der Waals surface area contributed by atoms with Crippen molar-refractivity contribution in [2.75, 3.05) is 19.8 Å². The normalized spacial score (nSPS) is 24.8. The zero-order valence-electron chi connectivity index (χ0n) is 10.4. The molecule has 0 aromatic rings. The van der Waals surface area contributed by atoms with Crippen molar-refractivity contribution in [3.8, 4) is 0 Å². The summed E-state index contributed by atoms with van der Waals surface area (Å²) in [5, 5.41) is 12.8. The molecule has 1 aliphatic heterocycles. The largest absolute Gasteiger partial charge is 0.391 e. The van der Waals surface area contributed by atoms with Gasteiger partial charge in [0, 0.05) is 25.7 Å². The Hall–Kier alpha value is -0.610. The van der Waals surface area contributed by atoms with Crippen molar-refractivity contribution in [1.29, 1.82) is 0 Å². The van der Waals surface area contributed by atoms with Crippen LogP contribution in [0.1, 0.15) is 38.5 Å². The van der Waals surface area contributed by atoms with E-state index in [0.29, 0.717) is 25.7 Å². The van der Waals surface area contributed by atoms with Crippen molar-refractivity contribution in [1.82, 2.24) is 5.32 Å². The Bertz CT molecular complexity index is 245. The van der Waals surface area contributed by atoms with Gasteiger partial charge in [-0.2, -0.15) is 0 Å². The van der Waals surface area contributed by atoms with E-state index in [0.717, 1.165) is 25.7 Å².